The fraction of sp³-hybridized carbons (Fsp3) is 0.304. The molecule has 3 rings (SSSR count). The minimum absolute atomic E-state index is 0.0899. The molecule has 0 spiro atoms. The molecular formula is C23H27N3O5S. The summed E-state index contributed by atoms with van der Waals surface area (Å²) in [5.74, 6) is 0.0679. The number of hydrogen-bond donors (Lipinski definition) is 2. The number of fused-ring (bicyclic) bond motifs is 1. The molecule has 0 aliphatic carbocycles. The number of benzene rings is 2. The van der Waals surface area contributed by atoms with Crippen LogP contribution >= 0.6 is 0 Å². The van der Waals surface area contributed by atoms with Crippen molar-refractivity contribution in [2.45, 2.75) is 32.6 Å². The zero-order chi connectivity index (χ0) is 23.7. The summed E-state index contributed by atoms with van der Waals surface area (Å²) >= 11 is 0. The van der Waals surface area contributed by atoms with Crippen LogP contribution in [-0.2, 0) is 19.6 Å². The maximum Gasteiger partial charge on any atom is 0.262 e. The van der Waals surface area contributed by atoms with Crippen LogP contribution in [0.15, 0.2) is 53.9 Å². The standard InChI is InChI=1S/C23H27N3O5S/c1-6-11-26-19-9-7-18(13-20(19)31-14-23(4,5)22(26)28)25-32(29,30)21-10-8-17(12-15(21)2)24-16(3)27/h6-10,12-13,25H,1,11,14H2,2-5H3,(H,24,27). The smallest absolute Gasteiger partial charge is 0.262 e. The first-order valence-electron chi connectivity index (χ1n) is 10.1. The van der Waals surface area contributed by atoms with Crippen LogP contribution in [0.1, 0.15) is 26.3 Å². The third-order valence-corrected chi connectivity index (χ3v) is 6.55. The van der Waals surface area contributed by atoms with Crippen molar-refractivity contribution in [1.82, 2.24) is 0 Å². The van der Waals surface area contributed by atoms with E-state index in [2.05, 4.69) is 16.6 Å². The van der Waals surface area contributed by atoms with Crippen molar-refractivity contribution in [1.29, 1.82) is 0 Å². The molecule has 2 aromatic carbocycles. The van der Waals surface area contributed by atoms with Gasteiger partial charge in [0.1, 0.15) is 12.4 Å². The maximum absolute atomic E-state index is 13.0. The number of sulfonamides is 1. The number of amides is 2. The Bertz CT molecular complexity index is 1190. The molecule has 0 fully saturated rings. The summed E-state index contributed by atoms with van der Waals surface area (Å²) in [6.45, 7) is 10.8. The van der Waals surface area contributed by atoms with E-state index >= 15 is 0 Å². The van der Waals surface area contributed by atoms with Gasteiger partial charge in [-0.25, -0.2) is 8.42 Å². The van der Waals surface area contributed by atoms with E-state index in [0.29, 0.717) is 34.9 Å². The van der Waals surface area contributed by atoms with Gasteiger partial charge in [0.15, 0.2) is 0 Å². The van der Waals surface area contributed by atoms with Gasteiger partial charge >= 0.3 is 0 Å². The van der Waals surface area contributed by atoms with Gasteiger partial charge in [0.05, 0.1) is 21.7 Å². The van der Waals surface area contributed by atoms with E-state index in [1.54, 1.807) is 56.0 Å². The van der Waals surface area contributed by atoms with Gasteiger partial charge in [-0.15, -0.1) is 6.58 Å². The molecule has 2 N–H and O–H groups in total. The van der Waals surface area contributed by atoms with Crippen LogP contribution in [0.4, 0.5) is 17.1 Å². The van der Waals surface area contributed by atoms with Crippen LogP contribution < -0.4 is 19.7 Å². The molecule has 0 atom stereocenters. The highest BCUT2D eigenvalue weighted by molar-refractivity contribution is 7.92. The molecule has 9 heteroatoms. The van der Waals surface area contributed by atoms with Crippen LogP contribution in [0, 0.1) is 12.3 Å². The van der Waals surface area contributed by atoms with Crippen LogP contribution in [0.2, 0.25) is 0 Å². The number of carbonyl (C=O) groups is 2. The molecule has 0 saturated carbocycles. The summed E-state index contributed by atoms with van der Waals surface area (Å²) in [6.07, 6.45) is 1.63. The number of carbonyl (C=O) groups excluding carboxylic acids is 2. The Kier molecular flexibility index (Phi) is 6.32. The molecule has 2 amide bonds. The fourth-order valence-corrected chi connectivity index (χ4v) is 4.74. The van der Waals surface area contributed by atoms with Gasteiger partial charge < -0.3 is 15.0 Å². The van der Waals surface area contributed by atoms with Gasteiger partial charge in [0.2, 0.25) is 11.8 Å². The molecule has 0 aromatic heterocycles. The van der Waals surface area contributed by atoms with Crippen LogP contribution in [-0.4, -0.2) is 33.4 Å². The zero-order valence-electron chi connectivity index (χ0n) is 18.6. The van der Waals surface area contributed by atoms with Crippen molar-refractivity contribution in [3.05, 3.63) is 54.6 Å². The maximum atomic E-state index is 13.0. The number of ether oxygens (including phenoxy) is 1. The number of hydrogen-bond acceptors (Lipinski definition) is 5. The highest BCUT2D eigenvalue weighted by atomic mass is 32.2. The van der Waals surface area contributed by atoms with Crippen molar-refractivity contribution in [3.8, 4) is 5.75 Å². The van der Waals surface area contributed by atoms with Crippen LogP contribution in [0.5, 0.6) is 5.75 Å². The van der Waals surface area contributed by atoms with Crippen molar-refractivity contribution < 1.29 is 22.7 Å². The zero-order valence-corrected chi connectivity index (χ0v) is 19.4. The Morgan fingerprint density at radius 1 is 1.22 bits per heavy atom. The molecule has 1 aliphatic rings. The Labute approximate surface area is 188 Å². The number of rotatable bonds is 6. The van der Waals surface area contributed by atoms with Crippen molar-refractivity contribution in [3.63, 3.8) is 0 Å². The van der Waals surface area contributed by atoms with Gasteiger partial charge in [-0.3, -0.25) is 14.3 Å². The highest BCUT2D eigenvalue weighted by Gasteiger charge is 2.37. The first-order valence-corrected chi connectivity index (χ1v) is 11.5. The van der Waals surface area contributed by atoms with Crippen molar-refractivity contribution in [2.75, 3.05) is 28.1 Å². The Morgan fingerprint density at radius 2 is 1.91 bits per heavy atom. The van der Waals surface area contributed by atoms with Gasteiger partial charge in [-0.05, 0) is 56.7 Å². The average molecular weight is 458 g/mol. The molecule has 0 saturated heterocycles. The van der Waals surface area contributed by atoms with Gasteiger partial charge in [0, 0.05) is 25.2 Å². The Morgan fingerprint density at radius 3 is 2.53 bits per heavy atom. The van der Waals surface area contributed by atoms with E-state index in [9.17, 15) is 18.0 Å². The summed E-state index contributed by atoms with van der Waals surface area (Å²) in [4.78, 5) is 25.8. The lowest BCUT2D eigenvalue weighted by molar-refractivity contribution is -0.127. The van der Waals surface area contributed by atoms with Crippen molar-refractivity contribution in [2.24, 2.45) is 5.41 Å². The quantitative estimate of drug-likeness (QED) is 0.644. The summed E-state index contributed by atoms with van der Waals surface area (Å²) in [5.41, 5.74) is 1.12. The lowest BCUT2D eigenvalue weighted by Gasteiger charge is -2.27. The lowest BCUT2D eigenvalue weighted by Crippen LogP contribution is -2.42. The third kappa shape index (κ3) is 4.77. The molecule has 0 unspecified atom stereocenters. The first kappa shape index (κ1) is 23.3. The third-order valence-electron chi connectivity index (χ3n) is 5.01. The van der Waals surface area contributed by atoms with Gasteiger partial charge in [-0.2, -0.15) is 0 Å². The molecule has 170 valence electrons. The lowest BCUT2D eigenvalue weighted by atomic mass is 9.93. The van der Waals surface area contributed by atoms with E-state index in [1.165, 1.54) is 19.1 Å². The molecule has 2 aromatic rings. The predicted octanol–water partition coefficient (Wildman–Crippen LogP) is 3.69. The number of nitrogens with zero attached hydrogens (tertiary/aromatic N) is 1. The average Bonchev–Trinajstić information content (AvgIpc) is 2.77. The summed E-state index contributed by atoms with van der Waals surface area (Å²) in [5, 5.41) is 2.63. The SMILES string of the molecule is C=CCN1C(=O)C(C)(C)COc2cc(NS(=O)(=O)c3ccc(NC(C)=O)cc3C)ccc21. The predicted molar refractivity (Wildman–Crippen MR) is 125 cm³/mol. The second-order valence-corrected chi connectivity index (χ2v) is 9.98. The molecule has 32 heavy (non-hydrogen) atoms. The van der Waals surface area contributed by atoms with E-state index < -0.39 is 15.4 Å². The van der Waals surface area contributed by atoms with E-state index in [-0.39, 0.29) is 23.3 Å². The number of anilines is 3. The highest BCUT2D eigenvalue weighted by Crippen LogP contribution is 2.38. The topological polar surface area (TPSA) is 105 Å². The molecular weight excluding hydrogens is 430 g/mol. The first-order chi connectivity index (χ1) is 14.9. The number of nitrogens with one attached hydrogen (secondary N) is 2. The summed E-state index contributed by atoms with van der Waals surface area (Å²) < 4.78 is 34.4. The molecule has 1 heterocycles. The monoisotopic (exact) mass is 457 g/mol. The van der Waals surface area contributed by atoms with E-state index in [0.717, 1.165) is 0 Å². The second-order valence-electron chi connectivity index (χ2n) is 8.33. The minimum atomic E-state index is -3.90. The summed E-state index contributed by atoms with van der Waals surface area (Å²) in [6, 6.07) is 9.38. The van der Waals surface area contributed by atoms with Gasteiger partial charge in [0.25, 0.3) is 10.0 Å². The largest absolute Gasteiger partial charge is 0.490 e. The Hall–Kier alpha value is -3.33. The molecule has 0 radical (unpaired) electrons. The normalized spacial score (nSPS) is 15.2. The number of aryl methyl sites for hydroxylation is 1. The second kappa shape index (κ2) is 8.66. The van der Waals surface area contributed by atoms with Gasteiger partial charge in [-0.1, -0.05) is 6.08 Å². The Balaban J connectivity index is 1.92. The van der Waals surface area contributed by atoms with E-state index in [4.69, 9.17) is 4.74 Å². The fourth-order valence-electron chi connectivity index (χ4n) is 3.46. The minimum Gasteiger partial charge on any atom is -0.490 e. The summed E-state index contributed by atoms with van der Waals surface area (Å²) in [7, 11) is -3.90. The van der Waals surface area contributed by atoms with Crippen LogP contribution in [0.25, 0.3) is 0 Å². The molecule has 8 nitrogen and oxygen atoms in total. The van der Waals surface area contributed by atoms with E-state index in [1.807, 2.05) is 0 Å². The molecule has 1 aliphatic heterocycles. The van der Waals surface area contributed by atoms with Crippen molar-refractivity contribution >= 4 is 38.9 Å². The van der Waals surface area contributed by atoms with Crippen LogP contribution in [0.3, 0.4) is 0 Å². The molecule has 0 bridgehead atoms.